The molecule has 20 heavy (non-hydrogen) atoms. The molecule has 0 aromatic heterocycles. The lowest BCUT2D eigenvalue weighted by atomic mass is 9.95. The minimum atomic E-state index is -0.111. The van der Waals surface area contributed by atoms with E-state index in [-0.39, 0.29) is 17.7 Å². The Balaban J connectivity index is 1.97. The normalized spacial score (nSPS) is 20.4. The first-order valence-corrected chi connectivity index (χ1v) is 7.34. The van der Waals surface area contributed by atoms with Crippen LogP contribution in [0.3, 0.4) is 0 Å². The van der Waals surface area contributed by atoms with Crippen LogP contribution >= 0.6 is 0 Å². The highest BCUT2D eigenvalue weighted by molar-refractivity contribution is 5.76. The van der Waals surface area contributed by atoms with Gasteiger partial charge in [-0.1, -0.05) is 18.2 Å². The van der Waals surface area contributed by atoms with Gasteiger partial charge < -0.3 is 15.3 Å². The average Bonchev–Trinajstić information content (AvgIpc) is 2.47. The number of piperidine rings is 1. The molecule has 1 fully saturated rings. The standard InChI is InChI=1S/C16H24N2O2/c1-12(14-7-3-4-8-15(14)19)18(2)16(20)10-13-6-5-9-17-11-13/h3-4,7-8,12-13,17,19H,5-6,9-11H2,1-2H3. The molecule has 4 nitrogen and oxygen atoms in total. The van der Waals surface area contributed by atoms with Crippen molar-refractivity contribution in [2.45, 2.75) is 32.2 Å². The molecule has 2 unspecified atom stereocenters. The summed E-state index contributed by atoms with van der Waals surface area (Å²) in [6.07, 6.45) is 2.86. The number of hydrogen-bond donors (Lipinski definition) is 2. The maximum atomic E-state index is 12.4. The second-order valence-corrected chi connectivity index (χ2v) is 5.66. The molecule has 2 atom stereocenters. The van der Waals surface area contributed by atoms with Crippen molar-refractivity contribution in [3.63, 3.8) is 0 Å². The minimum absolute atomic E-state index is 0.111. The van der Waals surface area contributed by atoms with Crippen molar-refractivity contribution in [3.8, 4) is 5.75 Å². The van der Waals surface area contributed by atoms with Crippen molar-refractivity contribution in [3.05, 3.63) is 29.8 Å². The lowest BCUT2D eigenvalue weighted by Gasteiger charge is -2.29. The molecule has 1 saturated heterocycles. The lowest BCUT2D eigenvalue weighted by molar-refractivity contribution is -0.133. The lowest BCUT2D eigenvalue weighted by Crippen LogP contribution is -2.36. The van der Waals surface area contributed by atoms with Gasteiger partial charge in [0.1, 0.15) is 5.75 Å². The first-order valence-electron chi connectivity index (χ1n) is 7.34. The number of nitrogens with zero attached hydrogens (tertiary/aromatic N) is 1. The third-order valence-corrected chi connectivity index (χ3v) is 4.22. The molecule has 1 aliphatic rings. The molecule has 0 aliphatic carbocycles. The number of aromatic hydroxyl groups is 1. The number of amides is 1. The number of carbonyl (C=O) groups excluding carboxylic acids is 1. The van der Waals surface area contributed by atoms with Crippen molar-refractivity contribution in [1.29, 1.82) is 0 Å². The van der Waals surface area contributed by atoms with Crippen molar-refractivity contribution in [1.82, 2.24) is 10.2 Å². The highest BCUT2D eigenvalue weighted by Crippen LogP contribution is 2.28. The van der Waals surface area contributed by atoms with Gasteiger partial charge in [-0.15, -0.1) is 0 Å². The van der Waals surface area contributed by atoms with Crippen LogP contribution in [0.2, 0.25) is 0 Å². The first kappa shape index (κ1) is 14.9. The van der Waals surface area contributed by atoms with E-state index in [1.807, 2.05) is 26.1 Å². The molecule has 4 heteroatoms. The third kappa shape index (κ3) is 3.51. The molecule has 1 amide bonds. The Morgan fingerprint density at radius 1 is 1.50 bits per heavy atom. The van der Waals surface area contributed by atoms with Crippen molar-refractivity contribution in [2.75, 3.05) is 20.1 Å². The number of hydrogen-bond acceptors (Lipinski definition) is 3. The second kappa shape index (κ2) is 6.75. The topological polar surface area (TPSA) is 52.6 Å². The fraction of sp³-hybridized carbons (Fsp3) is 0.562. The smallest absolute Gasteiger partial charge is 0.223 e. The molecule has 0 bridgehead atoms. The van der Waals surface area contributed by atoms with E-state index >= 15 is 0 Å². The SMILES string of the molecule is CC(c1ccccc1O)N(C)C(=O)CC1CCCNC1. The highest BCUT2D eigenvalue weighted by atomic mass is 16.3. The third-order valence-electron chi connectivity index (χ3n) is 4.22. The molecule has 110 valence electrons. The summed E-state index contributed by atoms with van der Waals surface area (Å²) in [6, 6.07) is 7.09. The van der Waals surface area contributed by atoms with Gasteiger partial charge in [0.2, 0.25) is 5.91 Å². The summed E-state index contributed by atoms with van der Waals surface area (Å²) in [5, 5.41) is 13.2. The summed E-state index contributed by atoms with van der Waals surface area (Å²) >= 11 is 0. The molecule has 1 heterocycles. The monoisotopic (exact) mass is 276 g/mol. The van der Waals surface area contributed by atoms with E-state index in [0.29, 0.717) is 12.3 Å². The Bertz CT molecular complexity index is 456. The van der Waals surface area contributed by atoms with E-state index in [4.69, 9.17) is 0 Å². The zero-order valence-electron chi connectivity index (χ0n) is 12.3. The van der Waals surface area contributed by atoms with Crippen LogP contribution in [0.5, 0.6) is 5.75 Å². The Labute approximate surface area is 120 Å². The quantitative estimate of drug-likeness (QED) is 0.887. The number of carbonyl (C=O) groups is 1. The predicted octanol–water partition coefficient (Wildman–Crippen LogP) is 2.30. The molecule has 2 rings (SSSR count). The minimum Gasteiger partial charge on any atom is -0.508 e. The summed E-state index contributed by atoms with van der Waals surface area (Å²) in [6.45, 7) is 3.95. The van der Waals surface area contributed by atoms with Gasteiger partial charge in [-0.2, -0.15) is 0 Å². The van der Waals surface area contributed by atoms with Crippen molar-refractivity contribution < 1.29 is 9.90 Å². The van der Waals surface area contributed by atoms with Crippen molar-refractivity contribution in [2.24, 2.45) is 5.92 Å². The zero-order valence-corrected chi connectivity index (χ0v) is 12.3. The van der Waals surface area contributed by atoms with Gasteiger partial charge in [0.15, 0.2) is 0 Å². The first-order chi connectivity index (χ1) is 9.59. The van der Waals surface area contributed by atoms with Gasteiger partial charge in [-0.25, -0.2) is 0 Å². The van der Waals surface area contributed by atoms with Gasteiger partial charge in [0.05, 0.1) is 6.04 Å². The number of phenolic OH excluding ortho intramolecular Hbond substituents is 1. The molecule has 2 N–H and O–H groups in total. The van der Waals surface area contributed by atoms with Crippen LogP contribution < -0.4 is 5.32 Å². The molecule has 0 saturated carbocycles. The Hall–Kier alpha value is -1.55. The average molecular weight is 276 g/mol. The number of nitrogens with one attached hydrogen (secondary N) is 1. The second-order valence-electron chi connectivity index (χ2n) is 5.66. The van der Waals surface area contributed by atoms with Gasteiger partial charge in [0.25, 0.3) is 0 Å². The van der Waals surface area contributed by atoms with E-state index in [0.717, 1.165) is 31.5 Å². The van der Waals surface area contributed by atoms with Crippen LogP contribution in [0.15, 0.2) is 24.3 Å². The van der Waals surface area contributed by atoms with E-state index in [1.165, 1.54) is 0 Å². The highest BCUT2D eigenvalue weighted by Gasteiger charge is 2.23. The van der Waals surface area contributed by atoms with Crippen LogP contribution in [0, 0.1) is 5.92 Å². The van der Waals surface area contributed by atoms with Crippen molar-refractivity contribution >= 4 is 5.91 Å². The number of para-hydroxylation sites is 1. The van der Waals surface area contributed by atoms with E-state index in [2.05, 4.69) is 5.32 Å². The van der Waals surface area contributed by atoms with Gasteiger partial charge >= 0.3 is 0 Å². The molecule has 1 aromatic rings. The molecule has 0 radical (unpaired) electrons. The number of rotatable bonds is 4. The summed E-state index contributed by atoms with van der Waals surface area (Å²) in [4.78, 5) is 14.1. The Morgan fingerprint density at radius 3 is 2.90 bits per heavy atom. The summed E-state index contributed by atoms with van der Waals surface area (Å²) in [5.41, 5.74) is 0.796. The predicted molar refractivity (Wildman–Crippen MR) is 79.5 cm³/mol. The Kier molecular flexibility index (Phi) is 5.01. The summed E-state index contributed by atoms with van der Waals surface area (Å²) in [5.74, 6) is 0.837. The fourth-order valence-corrected chi connectivity index (χ4v) is 2.75. The molecule has 0 spiro atoms. The maximum absolute atomic E-state index is 12.4. The van der Waals surface area contributed by atoms with Crippen LogP contribution in [0.1, 0.15) is 37.8 Å². The van der Waals surface area contributed by atoms with Gasteiger partial charge in [-0.3, -0.25) is 4.79 Å². The Morgan fingerprint density at radius 2 is 2.25 bits per heavy atom. The largest absolute Gasteiger partial charge is 0.508 e. The number of benzene rings is 1. The van der Waals surface area contributed by atoms with E-state index < -0.39 is 0 Å². The molecular weight excluding hydrogens is 252 g/mol. The zero-order chi connectivity index (χ0) is 14.5. The van der Waals surface area contributed by atoms with Crippen LogP contribution in [0.25, 0.3) is 0 Å². The van der Waals surface area contributed by atoms with E-state index in [1.54, 1.807) is 17.0 Å². The van der Waals surface area contributed by atoms with Gasteiger partial charge in [-0.05, 0) is 44.8 Å². The summed E-state index contributed by atoms with van der Waals surface area (Å²) < 4.78 is 0. The van der Waals surface area contributed by atoms with Crippen LogP contribution in [-0.4, -0.2) is 36.1 Å². The molecule has 1 aromatic carbocycles. The molecular formula is C16H24N2O2. The summed E-state index contributed by atoms with van der Waals surface area (Å²) in [7, 11) is 1.82. The van der Waals surface area contributed by atoms with Crippen LogP contribution in [-0.2, 0) is 4.79 Å². The maximum Gasteiger partial charge on any atom is 0.223 e. The van der Waals surface area contributed by atoms with Gasteiger partial charge in [0, 0.05) is 19.0 Å². The number of phenols is 1. The molecule has 1 aliphatic heterocycles. The van der Waals surface area contributed by atoms with Crippen LogP contribution in [0.4, 0.5) is 0 Å². The fourth-order valence-electron chi connectivity index (χ4n) is 2.75. The van der Waals surface area contributed by atoms with E-state index in [9.17, 15) is 9.90 Å².